The van der Waals surface area contributed by atoms with Gasteiger partial charge in [0.25, 0.3) is 11.8 Å². The van der Waals surface area contributed by atoms with Gasteiger partial charge in [-0.2, -0.15) is 0 Å². The maximum absolute atomic E-state index is 14.9. The number of likely N-dealkylation sites (tertiary alicyclic amines) is 1. The molecule has 0 unspecified atom stereocenters. The molecule has 94 heavy (non-hydrogen) atoms. The van der Waals surface area contributed by atoms with Crippen LogP contribution in [0.1, 0.15) is 148 Å². The van der Waals surface area contributed by atoms with Crippen molar-refractivity contribution in [3.63, 3.8) is 0 Å². The highest BCUT2D eigenvalue weighted by Gasteiger charge is 2.51. The lowest BCUT2D eigenvalue weighted by Gasteiger charge is -2.41. The standard InChI is InChI=1S/C69H102N12O12S/c1-12-45(6)59(53(92-10)41-56(84)80-38-20-25-52(80)60(93-11)46(7)61(85)75-51(64-71-36-39-94-64)40-47-22-15-13-16-23-47)79(9)65(88)57(43(2)3)77-63(87)58(44(4)5)78(8)42-48-26-28-49(29-27-48)74-62(86)50(24-19-35-73-68(70)91)76-67(90)69(32-21-33-69)66(89)72-34-17-14-18-37-81-54(82)30-31-55(81)83/h13,15-16,22-23,26-31,36,39,43-46,50-53,57-60H,12,14,17-21,24-25,32-35,37-38,40-42H2,1-11H3,(H,72,89)(H,74,86)(H,75,85)(H,76,90)(H,77,87)(H3,70,73,91)/t45-,46+,50-,51-,52-,53+,57-,58-,59-,60+/m0/s1. The number of thiazole rings is 1. The summed E-state index contributed by atoms with van der Waals surface area (Å²) in [5.74, 6) is -4.56. The van der Waals surface area contributed by atoms with E-state index in [1.165, 1.54) is 28.4 Å². The first-order valence-electron chi connectivity index (χ1n) is 33.3. The molecule has 11 amide bonds. The average molecular weight is 1320 g/mol. The van der Waals surface area contributed by atoms with E-state index >= 15 is 0 Å². The molecule has 1 saturated heterocycles. The maximum Gasteiger partial charge on any atom is 0.312 e. The molecule has 1 saturated carbocycles. The zero-order valence-corrected chi connectivity index (χ0v) is 57.6. The van der Waals surface area contributed by atoms with Gasteiger partial charge in [0, 0.05) is 83.4 Å². The number of nitrogens with zero attached hydrogens (tertiary/aromatic N) is 5. The van der Waals surface area contributed by atoms with Crippen LogP contribution in [0, 0.1) is 29.1 Å². The van der Waals surface area contributed by atoms with E-state index in [2.05, 4.69) is 36.9 Å². The van der Waals surface area contributed by atoms with E-state index in [1.54, 1.807) is 49.4 Å². The third-order valence-electron chi connectivity index (χ3n) is 18.8. The number of aromatic nitrogens is 1. The number of hydrogen-bond acceptors (Lipinski definition) is 15. The summed E-state index contributed by atoms with van der Waals surface area (Å²) < 4.78 is 12.3. The quantitative estimate of drug-likeness (QED) is 0.0196. The highest BCUT2D eigenvalue weighted by atomic mass is 32.1. The van der Waals surface area contributed by atoms with Gasteiger partial charge in [0.2, 0.25) is 41.4 Å². The lowest BCUT2D eigenvalue weighted by atomic mass is 9.67. The molecule has 24 nitrogen and oxygen atoms in total. The van der Waals surface area contributed by atoms with Crippen molar-refractivity contribution in [1.29, 1.82) is 0 Å². The molecule has 0 bridgehead atoms. The minimum atomic E-state index is -1.37. The molecule has 0 radical (unpaired) electrons. The summed E-state index contributed by atoms with van der Waals surface area (Å²) in [5, 5.41) is 20.1. The molecule has 8 N–H and O–H groups in total. The summed E-state index contributed by atoms with van der Waals surface area (Å²) >= 11 is 1.48. The SMILES string of the molecule is CC[C@H](C)[C@@H]([C@@H](CC(=O)N1CCC[C@H]1[C@H](OC)[C@@H](C)C(=O)N[C@@H](Cc1ccccc1)c1nccs1)OC)N(C)C(=O)[C@@H](NC(=O)[C@H](C(C)C)N(C)Cc1ccc(NC(=O)[C@H](CCCNC(N)=O)NC(=O)C2(C(=O)NCCCCCN3C(=O)C=CC3=O)CCC2)cc1)C(C)C. The molecule has 0 spiro atoms. The first kappa shape index (κ1) is 75.4. The molecule has 2 aromatic carbocycles. The van der Waals surface area contributed by atoms with E-state index < -0.39 is 71.5 Å². The van der Waals surface area contributed by atoms with Crippen LogP contribution in [0.4, 0.5) is 10.5 Å². The summed E-state index contributed by atoms with van der Waals surface area (Å²) in [4.78, 5) is 146. The summed E-state index contributed by atoms with van der Waals surface area (Å²) in [7, 11) is 6.66. The first-order valence-corrected chi connectivity index (χ1v) is 34.2. The number of nitrogens with two attached hydrogens (primary N) is 1. The van der Waals surface area contributed by atoms with Crippen molar-refractivity contribution >= 4 is 76.2 Å². The number of ether oxygens (including phenoxy) is 2. The number of hydrogen-bond donors (Lipinski definition) is 7. The number of carbonyl (C=O) groups is 10. The van der Waals surface area contributed by atoms with Gasteiger partial charge < -0.3 is 56.9 Å². The smallest absolute Gasteiger partial charge is 0.312 e. The molecule has 2 fully saturated rings. The van der Waals surface area contributed by atoms with Crippen molar-refractivity contribution in [3.05, 3.63) is 94.5 Å². The maximum atomic E-state index is 14.9. The first-order chi connectivity index (χ1) is 44.8. The van der Waals surface area contributed by atoms with Crippen LogP contribution < -0.4 is 37.6 Å². The molecule has 516 valence electrons. The minimum absolute atomic E-state index is 0.0370. The number of imide groups is 1. The topological polar surface area (TPSA) is 313 Å². The van der Waals surface area contributed by atoms with E-state index in [-0.39, 0.29) is 104 Å². The molecule has 3 aliphatic rings. The molecule has 25 heteroatoms. The summed E-state index contributed by atoms with van der Waals surface area (Å²) in [6, 6.07) is 12.2. The number of benzene rings is 2. The number of amides is 11. The van der Waals surface area contributed by atoms with Crippen molar-refractivity contribution < 1.29 is 57.4 Å². The number of carbonyl (C=O) groups excluding carboxylic acids is 10. The Hall–Kier alpha value is -7.61. The number of anilines is 1. The minimum Gasteiger partial charge on any atom is -0.379 e. The van der Waals surface area contributed by atoms with Crippen LogP contribution in [-0.2, 0) is 65.6 Å². The van der Waals surface area contributed by atoms with Gasteiger partial charge in [-0.05, 0) is 112 Å². The Kier molecular flexibility index (Phi) is 29.1. The zero-order valence-electron chi connectivity index (χ0n) is 56.8. The predicted octanol–water partition coefficient (Wildman–Crippen LogP) is 6.01. The van der Waals surface area contributed by atoms with Gasteiger partial charge in [-0.25, -0.2) is 9.78 Å². The molecule has 3 aromatic rings. The largest absolute Gasteiger partial charge is 0.379 e. The highest BCUT2D eigenvalue weighted by molar-refractivity contribution is 7.09. The molecular formula is C69H102N12O12S. The number of nitrogens with one attached hydrogen (secondary N) is 6. The molecule has 2 aliphatic heterocycles. The van der Waals surface area contributed by atoms with Crippen molar-refractivity contribution in [2.24, 2.45) is 34.8 Å². The Morgan fingerprint density at radius 1 is 0.766 bits per heavy atom. The third kappa shape index (κ3) is 20.2. The van der Waals surface area contributed by atoms with Crippen LogP contribution in [0.3, 0.4) is 0 Å². The summed E-state index contributed by atoms with van der Waals surface area (Å²) in [6.07, 6.45) is 8.82. The highest BCUT2D eigenvalue weighted by Crippen LogP contribution is 2.42. The van der Waals surface area contributed by atoms with Crippen LogP contribution in [-0.4, -0.2) is 181 Å². The van der Waals surface area contributed by atoms with Gasteiger partial charge in [0.05, 0.1) is 48.7 Å². The second-order valence-corrected chi connectivity index (χ2v) is 27.0. The molecule has 1 aromatic heterocycles. The van der Waals surface area contributed by atoms with E-state index in [0.29, 0.717) is 76.6 Å². The number of unbranched alkanes of at least 4 members (excludes halogenated alkanes) is 2. The number of primary amides is 1. The van der Waals surface area contributed by atoms with Crippen molar-refractivity contribution in [1.82, 2.24) is 51.2 Å². The predicted molar refractivity (Wildman–Crippen MR) is 359 cm³/mol. The molecule has 10 atom stereocenters. The zero-order chi connectivity index (χ0) is 68.8. The number of likely N-dealkylation sites (N-methyl/N-ethyl adjacent to an activating group) is 2. The van der Waals surface area contributed by atoms with Crippen molar-refractivity contribution in [2.75, 3.05) is 59.8 Å². The van der Waals surface area contributed by atoms with Gasteiger partial charge in [0.15, 0.2) is 0 Å². The second kappa shape index (κ2) is 36.3. The molecule has 6 rings (SSSR count). The van der Waals surface area contributed by atoms with Gasteiger partial charge in [-0.1, -0.05) is 104 Å². The number of urea groups is 1. The normalized spacial score (nSPS) is 18.1. The summed E-state index contributed by atoms with van der Waals surface area (Å²) in [6.45, 7) is 15.0. The van der Waals surface area contributed by atoms with E-state index in [9.17, 15) is 47.9 Å². The molecular weight excluding hydrogens is 1220 g/mol. The van der Waals surface area contributed by atoms with Crippen molar-refractivity contribution in [2.45, 2.75) is 187 Å². The lowest BCUT2D eigenvalue weighted by molar-refractivity contribution is -0.151. The summed E-state index contributed by atoms with van der Waals surface area (Å²) in [5.41, 5.74) is 6.22. The van der Waals surface area contributed by atoms with Crippen LogP contribution in [0.5, 0.6) is 0 Å². The van der Waals surface area contributed by atoms with Crippen LogP contribution >= 0.6 is 11.3 Å². The van der Waals surface area contributed by atoms with Crippen LogP contribution in [0.15, 0.2) is 78.3 Å². The lowest BCUT2D eigenvalue weighted by Crippen LogP contribution is -2.60. The second-order valence-electron chi connectivity index (χ2n) is 26.1. The fraction of sp³-hybridized carbons (Fsp3) is 0.609. The van der Waals surface area contributed by atoms with E-state index in [1.807, 2.05) is 108 Å². The fourth-order valence-electron chi connectivity index (χ4n) is 13.1. The molecule has 1 aliphatic carbocycles. The third-order valence-corrected chi connectivity index (χ3v) is 19.7. The average Bonchev–Trinajstić information content (AvgIpc) is 0.906. The van der Waals surface area contributed by atoms with Crippen LogP contribution in [0.25, 0.3) is 0 Å². The van der Waals surface area contributed by atoms with Gasteiger partial charge in [0.1, 0.15) is 22.5 Å². The number of methoxy groups -OCH3 is 2. The Labute approximate surface area is 558 Å². The fourth-order valence-corrected chi connectivity index (χ4v) is 13.8. The Bertz CT molecular complexity index is 3040. The Morgan fingerprint density at radius 3 is 2.03 bits per heavy atom. The Balaban J connectivity index is 1.05. The van der Waals surface area contributed by atoms with E-state index in [4.69, 9.17) is 15.2 Å². The monoisotopic (exact) mass is 1320 g/mol. The van der Waals surface area contributed by atoms with Gasteiger partial charge >= 0.3 is 6.03 Å². The molecule has 3 heterocycles. The van der Waals surface area contributed by atoms with E-state index in [0.717, 1.165) is 22.6 Å². The number of rotatable bonds is 38. The van der Waals surface area contributed by atoms with Gasteiger partial charge in [-0.15, -0.1) is 11.3 Å². The van der Waals surface area contributed by atoms with Crippen LogP contribution in [0.2, 0.25) is 0 Å². The van der Waals surface area contributed by atoms with Gasteiger partial charge in [-0.3, -0.25) is 53.0 Å². The Morgan fingerprint density at radius 2 is 1.45 bits per heavy atom. The van der Waals surface area contributed by atoms with Crippen molar-refractivity contribution in [3.8, 4) is 0 Å².